The average Bonchev–Trinajstić information content (AvgIpc) is 3.11. The van der Waals surface area contributed by atoms with Gasteiger partial charge in [-0.3, -0.25) is 9.59 Å². The lowest BCUT2D eigenvalue weighted by Crippen LogP contribution is -2.36. The molecule has 3 amide bonds. The van der Waals surface area contributed by atoms with Crippen molar-refractivity contribution >= 4 is 44.1 Å². The Balaban J connectivity index is 1.64. The molecule has 0 radical (unpaired) electrons. The van der Waals surface area contributed by atoms with Crippen molar-refractivity contribution in [1.29, 1.82) is 0 Å². The number of nitrogens with two attached hydrogens (primary N) is 1. The number of nitrogens with one attached hydrogen (secondary N) is 1. The summed E-state index contributed by atoms with van der Waals surface area (Å²) >= 11 is 1.16. The lowest BCUT2D eigenvalue weighted by atomic mass is 10.0. The molecule has 9 nitrogen and oxygen atoms in total. The number of carbonyl (C=O) groups is 3. The molecular weight excluding hydrogens is 473 g/mol. The van der Waals surface area contributed by atoms with Gasteiger partial charge in [0.25, 0.3) is 5.91 Å². The van der Waals surface area contributed by atoms with Crippen molar-refractivity contribution < 1.29 is 31.9 Å². The van der Waals surface area contributed by atoms with Crippen molar-refractivity contribution in [3.63, 3.8) is 0 Å². The molecule has 1 aromatic carbocycles. The van der Waals surface area contributed by atoms with Crippen LogP contribution in [0.3, 0.4) is 0 Å². The molecule has 1 aromatic heterocycles. The third-order valence-electron chi connectivity index (χ3n) is 5.07. The quantitative estimate of drug-likeness (QED) is 0.538. The van der Waals surface area contributed by atoms with E-state index in [2.05, 4.69) is 5.32 Å². The first-order valence-electron chi connectivity index (χ1n) is 10.3. The molecule has 0 atom stereocenters. The molecule has 2 aromatic rings. The van der Waals surface area contributed by atoms with Crippen LogP contribution in [0.25, 0.3) is 0 Å². The summed E-state index contributed by atoms with van der Waals surface area (Å²) in [6.45, 7) is 2.56. The molecule has 0 saturated heterocycles. The first-order valence-corrected chi connectivity index (χ1v) is 12.7. The van der Waals surface area contributed by atoms with E-state index in [9.17, 15) is 27.2 Å². The van der Waals surface area contributed by atoms with E-state index in [1.165, 1.54) is 17.0 Å². The molecular formula is C21H24FN3O6S2. The van der Waals surface area contributed by atoms with Gasteiger partial charge in [0.15, 0.2) is 9.84 Å². The number of benzene rings is 1. The van der Waals surface area contributed by atoms with Crippen LogP contribution in [0, 0.1) is 5.82 Å². The molecule has 178 valence electrons. The first kappa shape index (κ1) is 24.6. The molecule has 1 aliphatic rings. The second-order valence-corrected chi connectivity index (χ2v) is 10.6. The summed E-state index contributed by atoms with van der Waals surface area (Å²) in [6.07, 6.45) is -0.116. The maximum Gasteiger partial charge on any atom is 0.410 e. The van der Waals surface area contributed by atoms with Crippen molar-refractivity contribution in [3.05, 3.63) is 46.1 Å². The molecule has 33 heavy (non-hydrogen) atoms. The van der Waals surface area contributed by atoms with E-state index in [4.69, 9.17) is 10.5 Å². The molecule has 2 heterocycles. The van der Waals surface area contributed by atoms with Gasteiger partial charge in [-0.2, -0.15) is 0 Å². The van der Waals surface area contributed by atoms with Gasteiger partial charge in [-0.15, -0.1) is 11.3 Å². The van der Waals surface area contributed by atoms with Gasteiger partial charge in [0, 0.05) is 17.8 Å². The van der Waals surface area contributed by atoms with Crippen molar-refractivity contribution in [2.45, 2.75) is 37.6 Å². The fourth-order valence-corrected chi connectivity index (χ4v) is 6.09. The SMILES string of the molecule is CCOC(=O)N1CCc2c(sc(NC(=O)CCCS(=O)(=O)c3ccc(F)cc3)c2C(N)=O)C1. The topological polar surface area (TPSA) is 136 Å². The summed E-state index contributed by atoms with van der Waals surface area (Å²) < 4.78 is 42.7. The number of thiophene rings is 1. The Morgan fingerprint density at radius 1 is 1.24 bits per heavy atom. The normalized spacial score (nSPS) is 13.3. The summed E-state index contributed by atoms with van der Waals surface area (Å²) in [5.74, 6) is -1.98. The van der Waals surface area contributed by atoms with Crippen LogP contribution in [0.5, 0.6) is 0 Å². The van der Waals surface area contributed by atoms with Crippen LogP contribution in [0.4, 0.5) is 14.2 Å². The number of ether oxygens (including phenoxy) is 1. The van der Waals surface area contributed by atoms with Crippen LogP contribution in [-0.4, -0.2) is 50.1 Å². The Bertz CT molecular complexity index is 1160. The van der Waals surface area contributed by atoms with E-state index in [0.717, 1.165) is 28.3 Å². The van der Waals surface area contributed by atoms with E-state index >= 15 is 0 Å². The van der Waals surface area contributed by atoms with Crippen LogP contribution < -0.4 is 11.1 Å². The van der Waals surface area contributed by atoms with Crippen LogP contribution in [0.1, 0.15) is 40.6 Å². The minimum atomic E-state index is -3.66. The molecule has 0 unspecified atom stereocenters. The van der Waals surface area contributed by atoms with E-state index in [-0.39, 0.29) is 47.2 Å². The lowest BCUT2D eigenvalue weighted by molar-refractivity contribution is -0.116. The summed E-state index contributed by atoms with van der Waals surface area (Å²) in [5, 5.41) is 2.93. The monoisotopic (exact) mass is 497 g/mol. The van der Waals surface area contributed by atoms with Gasteiger partial charge in [-0.25, -0.2) is 17.6 Å². The smallest absolute Gasteiger partial charge is 0.410 e. The highest BCUT2D eigenvalue weighted by Crippen LogP contribution is 2.37. The maximum absolute atomic E-state index is 13.0. The van der Waals surface area contributed by atoms with Gasteiger partial charge in [-0.05, 0) is 49.6 Å². The number of primary amides is 1. The molecule has 0 aliphatic carbocycles. The molecule has 3 rings (SSSR count). The third kappa shape index (κ3) is 5.88. The molecule has 0 bridgehead atoms. The average molecular weight is 498 g/mol. The maximum atomic E-state index is 13.0. The van der Waals surface area contributed by atoms with Gasteiger partial charge in [0.2, 0.25) is 5.91 Å². The predicted molar refractivity (Wildman–Crippen MR) is 120 cm³/mol. The summed E-state index contributed by atoms with van der Waals surface area (Å²) in [5.41, 5.74) is 6.45. The van der Waals surface area contributed by atoms with Gasteiger partial charge in [0.1, 0.15) is 10.8 Å². The van der Waals surface area contributed by atoms with Gasteiger partial charge in [0.05, 0.1) is 29.4 Å². The molecule has 12 heteroatoms. The van der Waals surface area contributed by atoms with Crippen LogP contribution >= 0.6 is 11.3 Å². The van der Waals surface area contributed by atoms with Crippen molar-refractivity contribution in [1.82, 2.24) is 4.90 Å². The zero-order valence-electron chi connectivity index (χ0n) is 17.9. The van der Waals surface area contributed by atoms with E-state index in [1.54, 1.807) is 6.92 Å². The number of anilines is 1. The Morgan fingerprint density at radius 2 is 1.94 bits per heavy atom. The zero-order valence-corrected chi connectivity index (χ0v) is 19.6. The zero-order chi connectivity index (χ0) is 24.2. The Hall–Kier alpha value is -2.99. The van der Waals surface area contributed by atoms with Crippen molar-refractivity contribution in [2.75, 3.05) is 24.2 Å². The van der Waals surface area contributed by atoms with E-state index in [0.29, 0.717) is 18.5 Å². The number of sulfone groups is 1. The highest BCUT2D eigenvalue weighted by molar-refractivity contribution is 7.91. The Labute approximate surface area is 194 Å². The number of hydrogen-bond acceptors (Lipinski definition) is 7. The predicted octanol–water partition coefficient (Wildman–Crippen LogP) is 2.69. The fourth-order valence-electron chi connectivity index (χ4n) is 3.49. The number of carbonyl (C=O) groups excluding carboxylic acids is 3. The van der Waals surface area contributed by atoms with Crippen LogP contribution in [0.2, 0.25) is 0 Å². The third-order valence-corrected chi connectivity index (χ3v) is 8.02. The summed E-state index contributed by atoms with van der Waals surface area (Å²) in [7, 11) is -3.66. The van der Waals surface area contributed by atoms with Crippen molar-refractivity contribution in [3.8, 4) is 0 Å². The van der Waals surface area contributed by atoms with E-state index < -0.39 is 33.6 Å². The number of amides is 3. The number of fused-ring (bicyclic) bond motifs is 1. The minimum absolute atomic E-state index is 0.0163. The number of halogens is 1. The van der Waals surface area contributed by atoms with Crippen molar-refractivity contribution in [2.24, 2.45) is 5.73 Å². The van der Waals surface area contributed by atoms with Gasteiger partial charge >= 0.3 is 6.09 Å². The highest BCUT2D eigenvalue weighted by atomic mass is 32.2. The van der Waals surface area contributed by atoms with Crippen LogP contribution in [0.15, 0.2) is 29.2 Å². The number of hydrogen-bond donors (Lipinski definition) is 2. The second kappa shape index (κ2) is 10.3. The molecule has 1 aliphatic heterocycles. The standard InChI is InChI=1S/C21H24FN3O6S2/c1-2-31-21(28)25-10-9-15-16(12-25)32-20(18(15)19(23)27)24-17(26)4-3-11-33(29,30)14-7-5-13(22)6-8-14/h5-8H,2-4,9-12H2,1H3,(H2,23,27)(H,24,26). The van der Waals surface area contributed by atoms with E-state index in [1.807, 2.05) is 0 Å². The minimum Gasteiger partial charge on any atom is -0.450 e. The van der Waals surface area contributed by atoms with Gasteiger partial charge < -0.3 is 20.7 Å². The Morgan fingerprint density at radius 3 is 2.58 bits per heavy atom. The molecule has 0 spiro atoms. The number of rotatable bonds is 8. The second-order valence-electron chi connectivity index (χ2n) is 7.37. The lowest BCUT2D eigenvalue weighted by Gasteiger charge is -2.26. The fraction of sp³-hybridized carbons (Fsp3) is 0.381. The van der Waals surface area contributed by atoms with Crippen LogP contribution in [-0.2, 0) is 32.3 Å². The molecule has 3 N–H and O–H groups in total. The summed E-state index contributed by atoms with van der Waals surface area (Å²) in [6, 6.07) is 4.48. The largest absolute Gasteiger partial charge is 0.450 e. The number of nitrogens with zero attached hydrogens (tertiary/aromatic N) is 1. The highest BCUT2D eigenvalue weighted by Gasteiger charge is 2.30. The molecule has 0 saturated carbocycles. The first-order chi connectivity index (χ1) is 15.6. The molecule has 0 fully saturated rings. The van der Waals surface area contributed by atoms with Gasteiger partial charge in [-0.1, -0.05) is 0 Å². The Kier molecular flexibility index (Phi) is 7.69. The summed E-state index contributed by atoms with van der Waals surface area (Å²) in [4.78, 5) is 38.7.